The summed E-state index contributed by atoms with van der Waals surface area (Å²) in [4.78, 5) is 30.4. The molecule has 3 rings (SSSR count). The Morgan fingerprint density at radius 2 is 2.05 bits per heavy atom. The van der Waals surface area contributed by atoms with Crippen LogP contribution in [0.1, 0.15) is 48.9 Å². The standard InChI is InChI=1S/C15H20N4O2/c1-18(11-6-4-2-3-5-7-11)15(21)12-10-17-19-13(20)8-9-16-14(12)19/h8-11,17H,2-7H2,1H3. The molecule has 0 aromatic carbocycles. The van der Waals surface area contributed by atoms with Gasteiger partial charge in [-0.15, -0.1) is 0 Å². The molecule has 1 aliphatic carbocycles. The average Bonchev–Trinajstić information content (AvgIpc) is 2.74. The zero-order chi connectivity index (χ0) is 14.8. The Hall–Kier alpha value is -2.11. The van der Waals surface area contributed by atoms with E-state index in [4.69, 9.17) is 0 Å². The summed E-state index contributed by atoms with van der Waals surface area (Å²) < 4.78 is 1.30. The van der Waals surface area contributed by atoms with Crippen molar-refractivity contribution in [2.24, 2.45) is 0 Å². The van der Waals surface area contributed by atoms with E-state index in [0.29, 0.717) is 11.2 Å². The van der Waals surface area contributed by atoms with Crippen molar-refractivity contribution in [3.05, 3.63) is 34.4 Å². The maximum absolute atomic E-state index is 12.7. The molecule has 0 aliphatic heterocycles. The predicted octanol–water partition coefficient (Wildman–Crippen LogP) is 1.82. The van der Waals surface area contributed by atoms with Gasteiger partial charge < -0.3 is 4.90 Å². The first-order valence-electron chi connectivity index (χ1n) is 7.51. The van der Waals surface area contributed by atoms with Crippen molar-refractivity contribution in [2.45, 2.75) is 44.6 Å². The van der Waals surface area contributed by atoms with Crippen LogP contribution in [-0.2, 0) is 0 Å². The second-order valence-corrected chi connectivity index (χ2v) is 5.69. The lowest BCUT2D eigenvalue weighted by molar-refractivity contribution is 0.0719. The van der Waals surface area contributed by atoms with Crippen LogP contribution in [0.4, 0.5) is 0 Å². The number of hydrogen-bond acceptors (Lipinski definition) is 3. The molecule has 112 valence electrons. The Morgan fingerprint density at radius 3 is 2.76 bits per heavy atom. The minimum Gasteiger partial charge on any atom is -0.339 e. The van der Waals surface area contributed by atoms with Gasteiger partial charge in [0.05, 0.1) is 0 Å². The molecule has 0 saturated heterocycles. The molecule has 0 bridgehead atoms. The van der Waals surface area contributed by atoms with E-state index < -0.39 is 0 Å². The van der Waals surface area contributed by atoms with Gasteiger partial charge in [-0.25, -0.2) is 9.50 Å². The van der Waals surface area contributed by atoms with Crippen molar-refractivity contribution in [3.63, 3.8) is 0 Å². The minimum absolute atomic E-state index is 0.0706. The number of H-pyrrole nitrogens is 1. The third-order valence-corrected chi connectivity index (χ3v) is 4.35. The van der Waals surface area contributed by atoms with E-state index in [1.165, 1.54) is 42.5 Å². The van der Waals surface area contributed by atoms with Gasteiger partial charge >= 0.3 is 0 Å². The molecule has 21 heavy (non-hydrogen) atoms. The zero-order valence-electron chi connectivity index (χ0n) is 12.2. The molecule has 6 nitrogen and oxygen atoms in total. The molecule has 2 aromatic rings. The molecule has 0 unspecified atom stereocenters. The highest BCUT2D eigenvalue weighted by Crippen LogP contribution is 2.22. The number of rotatable bonds is 2. The summed E-state index contributed by atoms with van der Waals surface area (Å²) in [6.45, 7) is 0. The molecule has 0 atom stereocenters. The number of carbonyl (C=O) groups is 1. The Kier molecular flexibility index (Phi) is 3.77. The van der Waals surface area contributed by atoms with Crippen LogP contribution in [0.5, 0.6) is 0 Å². The summed E-state index contributed by atoms with van der Waals surface area (Å²) in [5.74, 6) is -0.0706. The predicted molar refractivity (Wildman–Crippen MR) is 79.4 cm³/mol. The van der Waals surface area contributed by atoms with Gasteiger partial charge in [0.15, 0.2) is 5.65 Å². The van der Waals surface area contributed by atoms with Gasteiger partial charge in [-0.2, -0.15) is 0 Å². The second-order valence-electron chi connectivity index (χ2n) is 5.69. The molecule has 1 N–H and O–H groups in total. The molecule has 0 radical (unpaired) electrons. The molecular weight excluding hydrogens is 268 g/mol. The summed E-state index contributed by atoms with van der Waals surface area (Å²) in [6.07, 6.45) is 9.97. The Balaban J connectivity index is 1.89. The Labute approximate surface area is 122 Å². The molecule has 1 aliphatic rings. The van der Waals surface area contributed by atoms with Crippen LogP contribution in [0.25, 0.3) is 5.65 Å². The SMILES string of the molecule is CN(C(=O)c1c[nH]n2c(=O)ccnc12)C1CCCCCC1. The number of amides is 1. The summed E-state index contributed by atoms with van der Waals surface area (Å²) in [6, 6.07) is 1.65. The number of carbonyl (C=O) groups excluding carboxylic acids is 1. The second kappa shape index (κ2) is 5.71. The van der Waals surface area contributed by atoms with E-state index in [2.05, 4.69) is 10.1 Å². The smallest absolute Gasteiger partial charge is 0.272 e. The van der Waals surface area contributed by atoms with E-state index >= 15 is 0 Å². The lowest BCUT2D eigenvalue weighted by atomic mass is 10.1. The summed E-state index contributed by atoms with van der Waals surface area (Å²) >= 11 is 0. The summed E-state index contributed by atoms with van der Waals surface area (Å²) in [5, 5.41) is 2.80. The first-order valence-corrected chi connectivity index (χ1v) is 7.51. The van der Waals surface area contributed by atoms with Crippen molar-refractivity contribution in [3.8, 4) is 0 Å². The number of aromatic nitrogens is 3. The normalized spacial score (nSPS) is 16.8. The van der Waals surface area contributed by atoms with E-state index in [-0.39, 0.29) is 17.5 Å². The van der Waals surface area contributed by atoms with Crippen molar-refractivity contribution in [2.75, 3.05) is 7.05 Å². The maximum atomic E-state index is 12.7. The van der Waals surface area contributed by atoms with E-state index in [1.807, 2.05) is 11.9 Å². The molecule has 1 saturated carbocycles. The van der Waals surface area contributed by atoms with Crippen molar-refractivity contribution >= 4 is 11.6 Å². The van der Waals surface area contributed by atoms with Crippen LogP contribution < -0.4 is 5.56 Å². The number of aromatic amines is 1. The topological polar surface area (TPSA) is 70.5 Å². The molecule has 2 heterocycles. The van der Waals surface area contributed by atoms with Crippen molar-refractivity contribution in [1.82, 2.24) is 19.5 Å². The molecule has 0 spiro atoms. The maximum Gasteiger partial charge on any atom is 0.272 e. The highest BCUT2D eigenvalue weighted by Gasteiger charge is 2.24. The number of nitrogens with one attached hydrogen (secondary N) is 1. The van der Waals surface area contributed by atoms with Crippen LogP contribution in [0.3, 0.4) is 0 Å². The Bertz CT molecular complexity index is 695. The van der Waals surface area contributed by atoms with Gasteiger partial charge in [0.25, 0.3) is 11.5 Å². The van der Waals surface area contributed by atoms with E-state index in [9.17, 15) is 9.59 Å². The molecule has 1 amide bonds. The molecule has 6 heteroatoms. The van der Waals surface area contributed by atoms with Crippen LogP contribution in [0, 0.1) is 0 Å². The van der Waals surface area contributed by atoms with Crippen LogP contribution in [-0.4, -0.2) is 38.5 Å². The molecule has 2 aromatic heterocycles. The third kappa shape index (κ3) is 2.57. The average molecular weight is 288 g/mol. The van der Waals surface area contributed by atoms with E-state index in [1.54, 1.807) is 6.20 Å². The minimum atomic E-state index is -0.212. The summed E-state index contributed by atoms with van der Waals surface area (Å²) in [7, 11) is 1.85. The molecular formula is C15H20N4O2. The fraction of sp³-hybridized carbons (Fsp3) is 0.533. The number of fused-ring (bicyclic) bond motifs is 1. The van der Waals surface area contributed by atoms with E-state index in [0.717, 1.165) is 12.8 Å². The van der Waals surface area contributed by atoms with Gasteiger partial charge in [-0.3, -0.25) is 14.7 Å². The fourth-order valence-corrected chi connectivity index (χ4v) is 3.07. The largest absolute Gasteiger partial charge is 0.339 e. The van der Waals surface area contributed by atoms with Crippen molar-refractivity contribution < 1.29 is 4.79 Å². The van der Waals surface area contributed by atoms with Crippen molar-refractivity contribution in [1.29, 1.82) is 0 Å². The third-order valence-electron chi connectivity index (χ3n) is 4.35. The summed E-state index contributed by atoms with van der Waals surface area (Å²) in [5.41, 5.74) is 0.642. The lowest BCUT2D eigenvalue weighted by Crippen LogP contribution is -2.36. The number of hydrogen-bond donors (Lipinski definition) is 1. The van der Waals surface area contributed by atoms with Crippen LogP contribution in [0.15, 0.2) is 23.3 Å². The van der Waals surface area contributed by atoms with Gasteiger partial charge in [0.2, 0.25) is 0 Å². The Morgan fingerprint density at radius 1 is 1.33 bits per heavy atom. The zero-order valence-corrected chi connectivity index (χ0v) is 12.2. The van der Waals surface area contributed by atoms with Crippen LogP contribution >= 0.6 is 0 Å². The van der Waals surface area contributed by atoms with Gasteiger partial charge in [0.1, 0.15) is 5.56 Å². The first kappa shape index (κ1) is 13.9. The first-order chi connectivity index (χ1) is 10.2. The lowest BCUT2D eigenvalue weighted by Gasteiger charge is -2.26. The van der Waals surface area contributed by atoms with Gasteiger partial charge in [-0.1, -0.05) is 25.7 Å². The quantitative estimate of drug-likeness (QED) is 0.857. The monoisotopic (exact) mass is 288 g/mol. The van der Waals surface area contributed by atoms with Gasteiger partial charge in [0, 0.05) is 31.5 Å². The van der Waals surface area contributed by atoms with Gasteiger partial charge in [-0.05, 0) is 12.8 Å². The molecule has 1 fully saturated rings. The fourth-order valence-electron chi connectivity index (χ4n) is 3.07. The highest BCUT2D eigenvalue weighted by atomic mass is 16.2. The van der Waals surface area contributed by atoms with Crippen LogP contribution in [0.2, 0.25) is 0 Å². The highest BCUT2D eigenvalue weighted by molar-refractivity contribution is 5.99. The number of nitrogens with zero attached hydrogens (tertiary/aromatic N) is 3.